The van der Waals surface area contributed by atoms with E-state index in [1.165, 1.54) is 5.56 Å². The largest absolute Gasteiger partial charge is 0.335 e. The molecule has 6 heteroatoms. The number of hydrogen-bond donors (Lipinski definition) is 1. The van der Waals surface area contributed by atoms with Crippen LogP contribution in [0.3, 0.4) is 0 Å². The Labute approximate surface area is 158 Å². The van der Waals surface area contributed by atoms with Gasteiger partial charge in [0, 0.05) is 43.3 Å². The summed E-state index contributed by atoms with van der Waals surface area (Å²) in [5.41, 5.74) is 2.88. The van der Waals surface area contributed by atoms with Gasteiger partial charge in [-0.3, -0.25) is 4.79 Å². The molecule has 5 nitrogen and oxygen atoms in total. The Morgan fingerprint density at radius 3 is 2.12 bits per heavy atom. The Morgan fingerprint density at radius 2 is 1.50 bits per heavy atom. The van der Waals surface area contributed by atoms with Gasteiger partial charge in [0.25, 0.3) is 5.91 Å². The van der Waals surface area contributed by atoms with Crippen LogP contribution >= 0.6 is 11.6 Å². The maximum atomic E-state index is 12.5. The van der Waals surface area contributed by atoms with Crippen LogP contribution in [0, 0.1) is 6.92 Å². The van der Waals surface area contributed by atoms with Crippen LogP contribution in [0.5, 0.6) is 0 Å². The van der Waals surface area contributed by atoms with E-state index < -0.39 is 0 Å². The lowest BCUT2D eigenvalue weighted by atomic mass is 10.1. The summed E-state index contributed by atoms with van der Waals surface area (Å²) in [6, 6.07) is 14.9. The van der Waals surface area contributed by atoms with Gasteiger partial charge >= 0.3 is 6.03 Å². The third kappa shape index (κ3) is 4.55. The Hall–Kier alpha value is -2.53. The fraction of sp³-hybridized carbons (Fsp3) is 0.300. The third-order valence-electron chi connectivity index (χ3n) is 4.51. The monoisotopic (exact) mass is 371 g/mol. The van der Waals surface area contributed by atoms with Crippen molar-refractivity contribution in [3.8, 4) is 0 Å². The van der Waals surface area contributed by atoms with Gasteiger partial charge in [-0.2, -0.15) is 0 Å². The predicted molar refractivity (Wildman–Crippen MR) is 102 cm³/mol. The number of nitrogens with zero attached hydrogens (tertiary/aromatic N) is 2. The fourth-order valence-corrected chi connectivity index (χ4v) is 3.01. The van der Waals surface area contributed by atoms with Gasteiger partial charge in [-0.15, -0.1) is 0 Å². The number of halogens is 1. The predicted octanol–water partition coefficient (Wildman–Crippen LogP) is 3.32. The highest BCUT2D eigenvalue weighted by Crippen LogP contribution is 2.13. The van der Waals surface area contributed by atoms with E-state index in [1.807, 2.05) is 31.2 Å². The van der Waals surface area contributed by atoms with E-state index in [0.29, 0.717) is 43.3 Å². The Balaban J connectivity index is 1.48. The van der Waals surface area contributed by atoms with E-state index >= 15 is 0 Å². The second-order valence-corrected chi connectivity index (χ2v) is 6.87. The minimum absolute atomic E-state index is 0.0265. The number of hydrogen-bond acceptors (Lipinski definition) is 2. The SMILES string of the molecule is Cc1ccc(CNC(=O)N2CCN(C(=O)c3ccc(Cl)cc3)CC2)cc1. The van der Waals surface area contributed by atoms with Gasteiger partial charge < -0.3 is 15.1 Å². The van der Waals surface area contributed by atoms with Gasteiger partial charge in [0.05, 0.1) is 0 Å². The van der Waals surface area contributed by atoms with E-state index in [-0.39, 0.29) is 11.9 Å². The summed E-state index contributed by atoms with van der Waals surface area (Å²) in [5, 5.41) is 3.55. The van der Waals surface area contributed by atoms with Crippen LogP contribution < -0.4 is 5.32 Å². The number of carbonyl (C=O) groups excluding carboxylic acids is 2. The van der Waals surface area contributed by atoms with Crippen LogP contribution in [-0.4, -0.2) is 47.9 Å². The summed E-state index contributed by atoms with van der Waals surface area (Å²) >= 11 is 5.86. The topological polar surface area (TPSA) is 52.7 Å². The molecule has 3 amide bonds. The molecule has 2 aromatic rings. The maximum Gasteiger partial charge on any atom is 0.317 e. The van der Waals surface area contributed by atoms with Crippen LogP contribution in [0.15, 0.2) is 48.5 Å². The fourth-order valence-electron chi connectivity index (χ4n) is 2.88. The first-order valence-corrected chi connectivity index (χ1v) is 9.04. The van der Waals surface area contributed by atoms with Crippen molar-refractivity contribution in [2.75, 3.05) is 26.2 Å². The molecule has 1 aliphatic heterocycles. The molecular formula is C20H22ClN3O2. The molecule has 0 bridgehead atoms. The molecule has 1 fully saturated rings. The molecule has 1 aliphatic rings. The maximum absolute atomic E-state index is 12.5. The number of urea groups is 1. The first-order chi connectivity index (χ1) is 12.5. The van der Waals surface area contributed by atoms with Crippen LogP contribution in [0.25, 0.3) is 0 Å². The van der Waals surface area contributed by atoms with Crippen molar-refractivity contribution < 1.29 is 9.59 Å². The molecule has 2 aromatic carbocycles. The Morgan fingerprint density at radius 1 is 0.923 bits per heavy atom. The molecule has 3 rings (SSSR count). The second kappa shape index (κ2) is 8.23. The number of aryl methyl sites for hydroxylation is 1. The lowest BCUT2D eigenvalue weighted by molar-refractivity contribution is 0.0665. The van der Waals surface area contributed by atoms with Crippen molar-refractivity contribution in [1.82, 2.24) is 15.1 Å². The number of rotatable bonds is 3. The van der Waals surface area contributed by atoms with Crippen molar-refractivity contribution in [1.29, 1.82) is 0 Å². The van der Waals surface area contributed by atoms with E-state index in [2.05, 4.69) is 5.32 Å². The van der Waals surface area contributed by atoms with Crippen molar-refractivity contribution in [3.05, 3.63) is 70.2 Å². The number of carbonyl (C=O) groups is 2. The van der Waals surface area contributed by atoms with Crippen molar-refractivity contribution >= 4 is 23.5 Å². The van der Waals surface area contributed by atoms with Crippen molar-refractivity contribution in [3.63, 3.8) is 0 Å². The minimum atomic E-state index is -0.0934. The molecule has 0 unspecified atom stereocenters. The van der Waals surface area contributed by atoms with Gasteiger partial charge in [0.15, 0.2) is 0 Å². The molecular weight excluding hydrogens is 350 g/mol. The lowest BCUT2D eigenvalue weighted by Gasteiger charge is -2.34. The summed E-state index contributed by atoms with van der Waals surface area (Å²) in [5.74, 6) is -0.0265. The van der Waals surface area contributed by atoms with E-state index in [9.17, 15) is 9.59 Å². The Kier molecular flexibility index (Phi) is 5.78. The molecule has 0 aromatic heterocycles. The molecule has 1 heterocycles. The lowest BCUT2D eigenvalue weighted by Crippen LogP contribution is -2.53. The zero-order valence-electron chi connectivity index (χ0n) is 14.7. The normalized spacial score (nSPS) is 14.2. The standard InChI is InChI=1S/C20H22ClN3O2/c1-15-2-4-16(5-3-15)14-22-20(26)24-12-10-23(11-13-24)19(25)17-6-8-18(21)9-7-17/h2-9H,10-14H2,1H3,(H,22,26). The molecule has 0 radical (unpaired) electrons. The minimum Gasteiger partial charge on any atom is -0.335 e. The first-order valence-electron chi connectivity index (χ1n) is 8.66. The van der Waals surface area contributed by atoms with E-state index in [4.69, 9.17) is 11.6 Å². The zero-order chi connectivity index (χ0) is 18.5. The third-order valence-corrected chi connectivity index (χ3v) is 4.76. The second-order valence-electron chi connectivity index (χ2n) is 6.43. The summed E-state index contributed by atoms with van der Waals surface area (Å²) in [7, 11) is 0. The number of benzene rings is 2. The average molecular weight is 372 g/mol. The number of piperazine rings is 1. The molecule has 1 N–H and O–H groups in total. The van der Waals surface area contributed by atoms with Crippen molar-refractivity contribution in [2.45, 2.75) is 13.5 Å². The van der Waals surface area contributed by atoms with Gasteiger partial charge in [-0.05, 0) is 36.8 Å². The van der Waals surface area contributed by atoms with Crippen LogP contribution in [0.2, 0.25) is 5.02 Å². The summed E-state index contributed by atoms with van der Waals surface area (Å²) < 4.78 is 0. The van der Waals surface area contributed by atoms with E-state index in [1.54, 1.807) is 34.1 Å². The van der Waals surface area contributed by atoms with Gasteiger partial charge in [-0.1, -0.05) is 41.4 Å². The quantitative estimate of drug-likeness (QED) is 0.899. The highest BCUT2D eigenvalue weighted by Gasteiger charge is 2.24. The first kappa shape index (κ1) is 18.3. The highest BCUT2D eigenvalue weighted by atomic mass is 35.5. The molecule has 26 heavy (non-hydrogen) atoms. The van der Waals surface area contributed by atoms with Gasteiger partial charge in [-0.25, -0.2) is 4.79 Å². The zero-order valence-corrected chi connectivity index (χ0v) is 15.5. The van der Waals surface area contributed by atoms with Crippen LogP contribution in [0.1, 0.15) is 21.5 Å². The molecule has 0 spiro atoms. The number of amides is 3. The highest BCUT2D eigenvalue weighted by molar-refractivity contribution is 6.30. The smallest absolute Gasteiger partial charge is 0.317 e. The summed E-state index contributed by atoms with van der Waals surface area (Å²) in [6.07, 6.45) is 0. The van der Waals surface area contributed by atoms with Crippen LogP contribution in [0.4, 0.5) is 4.79 Å². The summed E-state index contributed by atoms with van der Waals surface area (Å²) in [6.45, 7) is 4.65. The van der Waals surface area contributed by atoms with Crippen molar-refractivity contribution in [2.24, 2.45) is 0 Å². The summed E-state index contributed by atoms with van der Waals surface area (Å²) in [4.78, 5) is 28.3. The van der Waals surface area contributed by atoms with Crippen LogP contribution in [-0.2, 0) is 6.54 Å². The molecule has 0 aliphatic carbocycles. The molecule has 136 valence electrons. The molecule has 0 atom stereocenters. The van der Waals surface area contributed by atoms with Gasteiger partial charge in [0.1, 0.15) is 0 Å². The molecule has 0 saturated carbocycles. The van der Waals surface area contributed by atoms with Gasteiger partial charge in [0.2, 0.25) is 0 Å². The number of nitrogens with one attached hydrogen (secondary N) is 1. The molecule has 1 saturated heterocycles. The average Bonchev–Trinajstić information content (AvgIpc) is 2.67. The Bertz CT molecular complexity index is 767. The van der Waals surface area contributed by atoms with E-state index in [0.717, 1.165) is 5.56 Å².